The van der Waals surface area contributed by atoms with E-state index in [4.69, 9.17) is 0 Å². The van der Waals surface area contributed by atoms with E-state index in [2.05, 4.69) is 34.4 Å². The zero-order chi connectivity index (χ0) is 15.3. The summed E-state index contributed by atoms with van der Waals surface area (Å²) in [6, 6.07) is 0. The van der Waals surface area contributed by atoms with Crippen LogP contribution in [-0.2, 0) is 0 Å². The van der Waals surface area contributed by atoms with Crippen molar-refractivity contribution in [1.29, 1.82) is 0 Å². The van der Waals surface area contributed by atoms with Gasteiger partial charge in [0.05, 0.1) is 0 Å². The van der Waals surface area contributed by atoms with Crippen LogP contribution in [0, 0.1) is 5.92 Å². The van der Waals surface area contributed by atoms with E-state index in [-0.39, 0.29) is 0 Å². The first-order chi connectivity index (χ1) is 10.2. The van der Waals surface area contributed by atoms with Gasteiger partial charge in [0.25, 0.3) is 0 Å². The van der Waals surface area contributed by atoms with Crippen molar-refractivity contribution in [3.8, 4) is 0 Å². The molecule has 0 aromatic carbocycles. The van der Waals surface area contributed by atoms with Crippen molar-refractivity contribution in [2.75, 3.05) is 39.8 Å². The van der Waals surface area contributed by atoms with Gasteiger partial charge < -0.3 is 15.5 Å². The van der Waals surface area contributed by atoms with Crippen molar-refractivity contribution >= 4 is 5.96 Å². The van der Waals surface area contributed by atoms with Gasteiger partial charge in [-0.25, -0.2) is 0 Å². The van der Waals surface area contributed by atoms with Gasteiger partial charge >= 0.3 is 0 Å². The molecule has 124 valence electrons. The Labute approximate surface area is 131 Å². The first kappa shape index (κ1) is 18.3. The molecule has 21 heavy (non-hydrogen) atoms. The van der Waals surface area contributed by atoms with E-state index in [1.54, 1.807) is 0 Å². The van der Waals surface area contributed by atoms with E-state index in [9.17, 15) is 0 Å². The Balaban J connectivity index is 1.94. The summed E-state index contributed by atoms with van der Waals surface area (Å²) in [6.45, 7) is 10.5. The summed E-state index contributed by atoms with van der Waals surface area (Å²) in [5, 5.41) is 6.78. The standard InChI is InChI=1S/C17H36N4/c1-16(2)10-12-20-17(18-3)19-11-6-4-7-13-21-14-8-5-9-15-21/h16H,4-15H2,1-3H3,(H2,18,19,20). The highest BCUT2D eigenvalue weighted by Crippen LogP contribution is 2.09. The van der Waals surface area contributed by atoms with E-state index in [1.165, 1.54) is 64.6 Å². The predicted molar refractivity (Wildman–Crippen MR) is 93.0 cm³/mol. The number of aliphatic imine (C=N–C) groups is 1. The average Bonchev–Trinajstić information content (AvgIpc) is 2.49. The molecule has 0 aromatic rings. The summed E-state index contributed by atoms with van der Waals surface area (Å²) < 4.78 is 0. The number of rotatable bonds is 9. The second-order valence-electron chi connectivity index (χ2n) is 6.57. The zero-order valence-corrected chi connectivity index (χ0v) is 14.5. The fraction of sp³-hybridized carbons (Fsp3) is 0.941. The van der Waals surface area contributed by atoms with Gasteiger partial charge in [-0.2, -0.15) is 0 Å². The number of hydrogen-bond donors (Lipinski definition) is 2. The molecule has 1 fully saturated rings. The second-order valence-corrected chi connectivity index (χ2v) is 6.57. The number of guanidine groups is 1. The second kappa shape index (κ2) is 11.8. The van der Waals surface area contributed by atoms with Crippen molar-refractivity contribution in [3.63, 3.8) is 0 Å². The van der Waals surface area contributed by atoms with Crippen LogP contribution in [0.25, 0.3) is 0 Å². The van der Waals surface area contributed by atoms with Crippen LogP contribution in [0.1, 0.15) is 58.8 Å². The van der Waals surface area contributed by atoms with Crippen molar-refractivity contribution in [2.24, 2.45) is 10.9 Å². The minimum absolute atomic E-state index is 0.741. The quantitative estimate of drug-likeness (QED) is 0.390. The topological polar surface area (TPSA) is 39.7 Å². The van der Waals surface area contributed by atoms with Crippen LogP contribution >= 0.6 is 0 Å². The molecule has 1 aliphatic rings. The van der Waals surface area contributed by atoms with Crippen molar-refractivity contribution < 1.29 is 0 Å². The lowest BCUT2D eigenvalue weighted by atomic mass is 10.1. The van der Waals surface area contributed by atoms with Gasteiger partial charge in [0.15, 0.2) is 5.96 Å². The van der Waals surface area contributed by atoms with Crippen LogP contribution < -0.4 is 10.6 Å². The third-order valence-electron chi connectivity index (χ3n) is 4.13. The molecular weight excluding hydrogens is 260 g/mol. The monoisotopic (exact) mass is 296 g/mol. The van der Waals surface area contributed by atoms with E-state index >= 15 is 0 Å². The molecule has 0 unspecified atom stereocenters. The van der Waals surface area contributed by atoms with E-state index < -0.39 is 0 Å². The van der Waals surface area contributed by atoms with Gasteiger partial charge in [-0.05, 0) is 57.7 Å². The van der Waals surface area contributed by atoms with Gasteiger partial charge in [-0.3, -0.25) is 4.99 Å². The molecule has 0 radical (unpaired) electrons. The maximum absolute atomic E-state index is 4.26. The normalized spacial score (nSPS) is 17.2. The van der Waals surface area contributed by atoms with Gasteiger partial charge in [0.1, 0.15) is 0 Å². The molecule has 1 heterocycles. The Bertz CT molecular complexity index is 270. The van der Waals surface area contributed by atoms with Gasteiger partial charge in [-0.1, -0.05) is 26.7 Å². The largest absolute Gasteiger partial charge is 0.356 e. The molecule has 4 heteroatoms. The van der Waals surface area contributed by atoms with Gasteiger partial charge in [0, 0.05) is 20.1 Å². The fourth-order valence-corrected chi connectivity index (χ4v) is 2.73. The summed E-state index contributed by atoms with van der Waals surface area (Å²) in [5.41, 5.74) is 0. The summed E-state index contributed by atoms with van der Waals surface area (Å²) >= 11 is 0. The van der Waals surface area contributed by atoms with Crippen LogP contribution in [-0.4, -0.2) is 50.6 Å². The fourth-order valence-electron chi connectivity index (χ4n) is 2.73. The zero-order valence-electron chi connectivity index (χ0n) is 14.5. The predicted octanol–water partition coefficient (Wildman–Crippen LogP) is 2.85. The number of unbranched alkanes of at least 4 members (excludes halogenated alkanes) is 2. The number of likely N-dealkylation sites (tertiary alicyclic amines) is 1. The van der Waals surface area contributed by atoms with Crippen LogP contribution in [0.3, 0.4) is 0 Å². The molecule has 2 N–H and O–H groups in total. The third-order valence-corrected chi connectivity index (χ3v) is 4.13. The number of hydrogen-bond acceptors (Lipinski definition) is 2. The summed E-state index contributed by atoms with van der Waals surface area (Å²) in [6.07, 6.45) is 9.31. The summed E-state index contributed by atoms with van der Waals surface area (Å²) in [5.74, 6) is 1.69. The molecule has 1 saturated heterocycles. The van der Waals surface area contributed by atoms with Gasteiger partial charge in [-0.15, -0.1) is 0 Å². The lowest BCUT2D eigenvalue weighted by molar-refractivity contribution is 0.224. The highest BCUT2D eigenvalue weighted by molar-refractivity contribution is 5.79. The van der Waals surface area contributed by atoms with E-state index in [1.807, 2.05) is 7.05 Å². The summed E-state index contributed by atoms with van der Waals surface area (Å²) in [4.78, 5) is 6.89. The molecule has 0 aliphatic carbocycles. The maximum Gasteiger partial charge on any atom is 0.190 e. The molecule has 0 amide bonds. The lowest BCUT2D eigenvalue weighted by Gasteiger charge is -2.26. The average molecular weight is 297 g/mol. The van der Waals surface area contributed by atoms with Crippen LogP contribution in [0.2, 0.25) is 0 Å². The molecule has 0 saturated carbocycles. The van der Waals surface area contributed by atoms with Crippen LogP contribution in [0.4, 0.5) is 0 Å². The molecular formula is C17H36N4. The minimum atomic E-state index is 0.741. The Kier molecular flexibility index (Phi) is 10.3. The third kappa shape index (κ3) is 9.72. The first-order valence-electron chi connectivity index (χ1n) is 8.89. The lowest BCUT2D eigenvalue weighted by Crippen LogP contribution is -2.38. The van der Waals surface area contributed by atoms with Crippen LogP contribution in [0.5, 0.6) is 0 Å². The van der Waals surface area contributed by atoms with Crippen molar-refractivity contribution in [1.82, 2.24) is 15.5 Å². The van der Waals surface area contributed by atoms with Crippen molar-refractivity contribution in [2.45, 2.75) is 58.8 Å². The number of nitrogens with one attached hydrogen (secondary N) is 2. The number of piperidine rings is 1. The molecule has 1 rings (SSSR count). The Morgan fingerprint density at radius 3 is 2.38 bits per heavy atom. The van der Waals surface area contributed by atoms with Crippen molar-refractivity contribution in [3.05, 3.63) is 0 Å². The van der Waals surface area contributed by atoms with Crippen LogP contribution in [0.15, 0.2) is 4.99 Å². The SMILES string of the molecule is CN=C(NCCCCCN1CCCCC1)NCCC(C)C. The maximum atomic E-state index is 4.26. The molecule has 4 nitrogen and oxygen atoms in total. The molecule has 0 aromatic heterocycles. The molecule has 0 atom stereocenters. The molecule has 1 aliphatic heterocycles. The van der Waals surface area contributed by atoms with E-state index in [0.717, 1.165) is 25.0 Å². The Morgan fingerprint density at radius 1 is 1.00 bits per heavy atom. The van der Waals surface area contributed by atoms with E-state index in [0.29, 0.717) is 0 Å². The first-order valence-corrected chi connectivity index (χ1v) is 8.89. The number of nitrogens with zero attached hydrogens (tertiary/aromatic N) is 2. The minimum Gasteiger partial charge on any atom is -0.356 e. The Hall–Kier alpha value is -0.770. The Morgan fingerprint density at radius 2 is 1.71 bits per heavy atom. The van der Waals surface area contributed by atoms with Gasteiger partial charge in [0.2, 0.25) is 0 Å². The molecule has 0 spiro atoms. The summed E-state index contributed by atoms with van der Waals surface area (Å²) in [7, 11) is 1.85. The highest BCUT2D eigenvalue weighted by atomic mass is 15.2. The smallest absolute Gasteiger partial charge is 0.190 e. The molecule has 0 bridgehead atoms. The highest BCUT2D eigenvalue weighted by Gasteiger charge is 2.08.